The Hall–Kier alpha value is -1.32. The summed E-state index contributed by atoms with van der Waals surface area (Å²) in [5.41, 5.74) is 2.65. The van der Waals surface area contributed by atoms with Gasteiger partial charge in [-0.1, -0.05) is 12.1 Å². The summed E-state index contributed by atoms with van der Waals surface area (Å²) in [6, 6.07) is 10.6. The van der Waals surface area contributed by atoms with E-state index < -0.39 is 0 Å². The summed E-state index contributed by atoms with van der Waals surface area (Å²) >= 11 is 1.87. The summed E-state index contributed by atoms with van der Waals surface area (Å²) in [6.07, 6.45) is 0.218. The van der Waals surface area contributed by atoms with Crippen LogP contribution in [0.3, 0.4) is 0 Å². The van der Waals surface area contributed by atoms with Crippen LogP contribution in [0.15, 0.2) is 30.3 Å². The normalized spacial score (nSPS) is 11.1. The zero-order valence-electron chi connectivity index (χ0n) is 12.7. The van der Waals surface area contributed by atoms with Gasteiger partial charge in [0.1, 0.15) is 5.75 Å². The molecule has 0 aliphatic carbocycles. The Kier molecular flexibility index (Phi) is 5.21. The van der Waals surface area contributed by atoms with E-state index in [0.717, 1.165) is 18.8 Å². The molecule has 20 heavy (non-hydrogen) atoms. The maximum atomic E-state index is 5.71. The van der Waals surface area contributed by atoms with Crippen LogP contribution in [-0.4, -0.2) is 6.10 Å². The third-order valence-electron chi connectivity index (χ3n) is 3.12. The number of ether oxygens (including phenoxy) is 1. The number of nitrogens with one attached hydrogen (secondary N) is 1. The second-order valence-electron chi connectivity index (χ2n) is 5.37. The predicted octanol–water partition coefficient (Wildman–Crippen LogP) is 4.44. The molecule has 2 rings (SSSR count). The highest BCUT2D eigenvalue weighted by Crippen LogP contribution is 2.20. The van der Waals surface area contributed by atoms with E-state index in [1.807, 2.05) is 37.3 Å². The number of benzene rings is 1. The van der Waals surface area contributed by atoms with Crippen molar-refractivity contribution in [2.45, 2.75) is 46.9 Å². The fourth-order valence-corrected chi connectivity index (χ4v) is 3.09. The lowest BCUT2D eigenvalue weighted by Crippen LogP contribution is -2.12. The Morgan fingerprint density at radius 3 is 2.60 bits per heavy atom. The highest BCUT2D eigenvalue weighted by Gasteiger charge is 2.02. The summed E-state index contributed by atoms with van der Waals surface area (Å²) in [4.78, 5) is 2.81. The minimum Gasteiger partial charge on any atom is -0.491 e. The molecule has 1 aromatic heterocycles. The van der Waals surface area contributed by atoms with E-state index in [9.17, 15) is 0 Å². The molecule has 0 bridgehead atoms. The monoisotopic (exact) mass is 289 g/mol. The van der Waals surface area contributed by atoms with E-state index in [1.165, 1.54) is 20.9 Å². The smallest absolute Gasteiger partial charge is 0.120 e. The van der Waals surface area contributed by atoms with Crippen LogP contribution in [0.2, 0.25) is 0 Å². The van der Waals surface area contributed by atoms with E-state index in [2.05, 4.69) is 37.4 Å². The third kappa shape index (κ3) is 4.36. The number of hydrogen-bond donors (Lipinski definition) is 1. The van der Waals surface area contributed by atoms with Gasteiger partial charge in [-0.25, -0.2) is 0 Å². The first-order valence-corrected chi connectivity index (χ1v) is 7.88. The first-order valence-electron chi connectivity index (χ1n) is 7.07. The van der Waals surface area contributed by atoms with Crippen LogP contribution in [0.25, 0.3) is 0 Å². The Balaban J connectivity index is 1.87. The van der Waals surface area contributed by atoms with Gasteiger partial charge in [0.15, 0.2) is 0 Å². The molecule has 0 amide bonds. The number of thiophene rings is 1. The molecule has 0 saturated carbocycles. The highest BCUT2D eigenvalue weighted by molar-refractivity contribution is 7.12. The first-order chi connectivity index (χ1) is 9.54. The van der Waals surface area contributed by atoms with Crippen molar-refractivity contribution in [2.24, 2.45) is 0 Å². The molecule has 0 aliphatic heterocycles. The van der Waals surface area contributed by atoms with Crippen molar-refractivity contribution in [1.82, 2.24) is 5.32 Å². The van der Waals surface area contributed by atoms with Crippen LogP contribution in [-0.2, 0) is 13.1 Å². The van der Waals surface area contributed by atoms with Crippen LogP contribution < -0.4 is 10.1 Å². The molecule has 108 valence electrons. The molecule has 1 N–H and O–H groups in total. The number of rotatable bonds is 6. The van der Waals surface area contributed by atoms with Crippen LogP contribution in [0.4, 0.5) is 0 Å². The number of aryl methyl sites for hydroxylation is 2. The van der Waals surface area contributed by atoms with Gasteiger partial charge < -0.3 is 10.1 Å². The molecule has 0 unspecified atom stereocenters. The van der Waals surface area contributed by atoms with Crippen molar-refractivity contribution >= 4 is 11.3 Å². The topological polar surface area (TPSA) is 21.3 Å². The Bertz CT molecular complexity index is 540. The second kappa shape index (κ2) is 6.91. The lowest BCUT2D eigenvalue weighted by atomic mass is 10.2. The molecule has 1 heterocycles. The van der Waals surface area contributed by atoms with Crippen molar-refractivity contribution in [3.05, 3.63) is 51.2 Å². The molecule has 0 saturated heterocycles. The molecule has 1 aromatic carbocycles. The van der Waals surface area contributed by atoms with Gasteiger partial charge in [-0.05, 0) is 57.0 Å². The molecular weight excluding hydrogens is 266 g/mol. The van der Waals surface area contributed by atoms with Crippen molar-refractivity contribution < 1.29 is 4.74 Å². The molecule has 0 radical (unpaired) electrons. The van der Waals surface area contributed by atoms with Gasteiger partial charge in [-0.15, -0.1) is 11.3 Å². The molecule has 3 heteroatoms. The standard InChI is InChI=1S/C17H23NOS/c1-12(2)19-16-7-5-6-15(9-16)10-18-11-17-8-13(3)14(4)20-17/h5-9,12,18H,10-11H2,1-4H3. The van der Waals surface area contributed by atoms with Gasteiger partial charge in [0.25, 0.3) is 0 Å². The van der Waals surface area contributed by atoms with Crippen LogP contribution in [0.1, 0.15) is 34.7 Å². The quantitative estimate of drug-likeness (QED) is 0.848. The molecule has 0 spiro atoms. The Labute approximate surface area is 125 Å². The van der Waals surface area contributed by atoms with Gasteiger partial charge >= 0.3 is 0 Å². The van der Waals surface area contributed by atoms with Crippen LogP contribution >= 0.6 is 11.3 Å². The lowest BCUT2D eigenvalue weighted by Gasteiger charge is -2.11. The van der Waals surface area contributed by atoms with Crippen LogP contribution in [0, 0.1) is 13.8 Å². The van der Waals surface area contributed by atoms with Gasteiger partial charge in [0.2, 0.25) is 0 Å². The minimum atomic E-state index is 0.218. The van der Waals surface area contributed by atoms with Gasteiger partial charge in [-0.2, -0.15) is 0 Å². The SMILES string of the molecule is Cc1cc(CNCc2cccc(OC(C)C)c2)sc1C. The summed E-state index contributed by atoms with van der Waals surface area (Å²) in [6.45, 7) is 10.2. The van der Waals surface area contributed by atoms with E-state index >= 15 is 0 Å². The van der Waals surface area contributed by atoms with Crippen molar-refractivity contribution in [2.75, 3.05) is 0 Å². The Morgan fingerprint density at radius 1 is 1.15 bits per heavy atom. The average molecular weight is 289 g/mol. The molecule has 2 nitrogen and oxygen atoms in total. The summed E-state index contributed by atoms with van der Waals surface area (Å²) < 4.78 is 5.71. The van der Waals surface area contributed by atoms with Crippen LogP contribution in [0.5, 0.6) is 5.75 Å². The maximum absolute atomic E-state index is 5.71. The Morgan fingerprint density at radius 2 is 1.95 bits per heavy atom. The fourth-order valence-electron chi connectivity index (χ4n) is 2.07. The van der Waals surface area contributed by atoms with E-state index in [-0.39, 0.29) is 6.10 Å². The lowest BCUT2D eigenvalue weighted by molar-refractivity contribution is 0.242. The second-order valence-corrected chi connectivity index (χ2v) is 6.71. The van der Waals surface area contributed by atoms with E-state index in [4.69, 9.17) is 4.74 Å². The van der Waals surface area contributed by atoms with Gasteiger partial charge in [-0.3, -0.25) is 0 Å². The largest absolute Gasteiger partial charge is 0.491 e. The molecule has 0 fully saturated rings. The molecule has 0 atom stereocenters. The predicted molar refractivity (Wildman–Crippen MR) is 86.5 cm³/mol. The highest BCUT2D eigenvalue weighted by atomic mass is 32.1. The van der Waals surface area contributed by atoms with Crippen molar-refractivity contribution in [3.63, 3.8) is 0 Å². The summed E-state index contributed by atoms with van der Waals surface area (Å²) in [5.74, 6) is 0.946. The first kappa shape index (κ1) is 15.1. The molecule has 0 aliphatic rings. The average Bonchev–Trinajstić information content (AvgIpc) is 2.68. The molecular formula is C17H23NOS. The van der Waals surface area contributed by atoms with E-state index in [1.54, 1.807) is 0 Å². The van der Waals surface area contributed by atoms with Crippen molar-refractivity contribution in [3.8, 4) is 5.75 Å². The third-order valence-corrected chi connectivity index (χ3v) is 4.27. The number of hydrogen-bond acceptors (Lipinski definition) is 3. The summed E-state index contributed by atoms with van der Waals surface area (Å²) in [5, 5.41) is 3.49. The summed E-state index contributed by atoms with van der Waals surface area (Å²) in [7, 11) is 0. The van der Waals surface area contributed by atoms with Gasteiger partial charge in [0.05, 0.1) is 6.10 Å². The zero-order chi connectivity index (χ0) is 14.5. The van der Waals surface area contributed by atoms with Gasteiger partial charge in [0, 0.05) is 22.8 Å². The minimum absolute atomic E-state index is 0.218. The maximum Gasteiger partial charge on any atom is 0.120 e. The van der Waals surface area contributed by atoms with Crippen molar-refractivity contribution in [1.29, 1.82) is 0 Å². The van der Waals surface area contributed by atoms with E-state index in [0.29, 0.717) is 0 Å². The molecule has 2 aromatic rings. The zero-order valence-corrected chi connectivity index (χ0v) is 13.5. The fraction of sp³-hybridized carbons (Fsp3) is 0.412.